The van der Waals surface area contributed by atoms with E-state index in [1.54, 1.807) is 0 Å². The highest BCUT2D eigenvalue weighted by Crippen LogP contribution is 2.36. The van der Waals surface area contributed by atoms with E-state index in [1.807, 2.05) is 0 Å². The van der Waals surface area contributed by atoms with Crippen LogP contribution in [0.4, 0.5) is 8.78 Å². The lowest BCUT2D eigenvalue weighted by atomic mass is 9.72. The van der Waals surface area contributed by atoms with Crippen molar-refractivity contribution < 1.29 is 8.78 Å². The summed E-state index contributed by atoms with van der Waals surface area (Å²) in [6.07, 6.45) is 3.69. The summed E-state index contributed by atoms with van der Waals surface area (Å²) in [5.41, 5.74) is 6.00. The van der Waals surface area contributed by atoms with Crippen LogP contribution < -0.4 is 5.73 Å². The molecule has 0 radical (unpaired) electrons. The van der Waals surface area contributed by atoms with Gasteiger partial charge in [-0.15, -0.1) is 0 Å². The minimum absolute atomic E-state index is 0.201. The fourth-order valence-corrected chi connectivity index (χ4v) is 3.51. The summed E-state index contributed by atoms with van der Waals surface area (Å²) in [5, 5.41) is 0. The van der Waals surface area contributed by atoms with Crippen LogP contribution in [0, 0.1) is 29.4 Å². The molecular weight excluding hydrogens is 312 g/mol. The second-order valence-electron chi connectivity index (χ2n) is 5.70. The smallest absolute Gasteiger partial charge is 0.143 e. The third kappa shape index (κ3) is 3.34. The van der Waals surface area contributed by atoms with Gasteiger partial charge in [0, 0.05) is 5.56 Å². The molecule has 19 heavy (non-hydrogen) atoms. The fourth-order valence-electron chi connectivity index (χ4n) is 3.14. The van der Waals surface area contributed by atoms with Gasteiger partial charge in [0.2, 0.25) is 0 Å². The van der Waals surface area contributed by atoms with Crippen LogP contribution >= 0.6 is 15.9 Å². The van der Waals surface area contributed by atoms with Gasteiger partial charge in [-0.1, -0.05) is 13.3 Å². The van der Waals surface area contributed by atoms with Gasteiger partial charge in [-0.25, -0.2) is 8.78 Å². The third-order valence-corrected chi connectivity index (χ3v) is 4.92. The lowest BCUT2D eigenvalue weighted by Gasteiger charge is -2.34. The SMILES string of the molecule is CC1CCC(CN)C(Cc2c(F)ccc(Br)c2F)C1. The molecule has 2 N–H and O–H groups in total. The van der Waals surface area contributed by atoms with Crippen molar-refractivity contribution in [2.24, 2.45) is 23.5 Å². The number of hydrogen-bond acceptors (Lipinski definition) is 1. The van der Waals surface area contributed by atoms with E-state index in [0.717, 1.165) is 12.8 Å². The van der Waals surface area contributed by atoms with Crippen molar-refractivity contribution in [1.82, 2.24) is 0 Å². The Morgan fingerprint density at radius 1 is 1.26 bits per heavy atom. The third-order valence-electron chi connectivity index (χ3n) is 4.31. The number of hydrogen-bond donors (Lipinski definition) is 1. The number of nitrogens with two attached hydrogens (primary N) is 1. The highest BCUT2D eigenvalue weighted by atomic mass is 79.9. The molecule has 3 atom stereocenters. The van der Waals surface area contributed by atoms with E-state index in [4.69, 9.17) is 5.73 Å². The van der Waals surface area contributed by atoms with E-state index in [2.05, 4.69) is 22.9 Å². The van der Waals surface area contributed by atoms with Crippen molar-refractivity contribution in [3.63, 3.8) is 0 Å². The largest absolute Gasteiger partial charge is 0.330 e. The molecule has 0 heterocycles. The molecule has 1 fully saturated rings. The van der Waals surface area contributed by atoms with Gasteiger partial charge in [0.15, 0.2) is 0 Å². The van der Waals surface area contributed by atoms with Crippen LogP contribution in [-0.2, 0) is 6.42 Å². The number of halogens is 3. The van der Waals surface area contributed by atoms with Crippen molar-refractivity contribution in [2.45, 2.75) is 32.6 Å². The first-order valence-corrected chi connectivity index (χ1v) is 7.64. The molecule has 0 spiro atoms. The number of benzene rings is 1. The maximum atomic E-state index is 14.0. The lowest BCUT2D eigenvalue weighted by Crippen LogP contribution is -2.31. The molecule has 1 aliphatic rings. The van der Waals surface area contributed by atoms with Gasteiger partial charge in [-0.3, -0.25) is 0 Å². The van der Waals surface area contributed by atoms with Gasteiger partial charge in [-0.05, 0) is 71.6 Å². The van der Waals surface area contributed by atoms with Crippen LogP contribution in [0.5, 0.6) is 0 Å². The van der Waals surface area contributed by atoms with E-state index in [1.165, 1.54) is 18.6 Å². The van der Waals surface area contributed by atoms with Crippen LogP contribution in [0.2, 0.25) is 0 Å². The zero-order valence-corrected chi connectivity index (χ0v) is 12.7. The summed E-state index contributed by atoms with van der Waals surface area (Å²) in [6, 6.07) is 2.74. The van der Waals surface area contributed by atoms with Crippen LogP contribution in [0.15, 0.2) is 16.6 Å². The number of rotatable bonds is 3. The molecule has 1 aliphatic carbocycles. The molecule has 1 saturated carbocycles. The molecule has 4 heteroatoms. The van der Waals surface area contributed by atoms with Gasteiger partial charge in [0.25, 0.3) is 0 Å². The van der Waals surface area contributed by atoms with Crippen molar-refractivity contribution in [3.8, 4) is 0 Å². The van der Waals surface area contributed by atoms with E-state index in [-0.39, 0.29) is 11.5 Å². The van der Waals surface area contributed by atoms with Crippen LogP contribution in [-0.4, -0.2) is 6.54 Å². The maximum absolute atomic E-state index is 14.0. The predicted molar refractivity (Wildman–Crippen MR) is 76.8 cm³/mol. The molecule has 0 saturated heterocycles. The lowest BCUT2D eigenvalue weighted by molar-refractivity contribution is 0.190. The van der Waals surface area contributed by atoms with Crippen LogP contribution in [0.3, 0.4) is 0 Å². The zero-order chi connectivity index (χ0) is 14.0. The summed E-state index contributed by atoms with van der Waals surface area (Å²) in [4.78, 5) is 0. The molecule has 1 nitrogen and oxygen atoms in total. The Labute approximate surface area is 121 Å². The molecular formula is C15H20BrF2N. The first kappa shape index (κ1) is 14.9. The Balaban J connectivity index is 2.21. The van der Waals surface area contributed by atoms with Crippen LogP contribution in [0.1, 0.15) is 31.7 Å². The molecule has 0 aromatic heterocycles. The quantitative estimate of drug-likeness (QED) is 0.822. The van der Waals surface area contributed by atoms with E-state index in [9.17, 15) is 8.78 Å². The highest BCUT2D eigenvalue weighted by molar-refractivity contribution is 9.10. The fraction of sp³-hybridized carbons (Fsp3) is 0.600. The summed E-state index contributed by atoms with van der Waals surface area (Å²) >= 11 is 3.12. The highest BCUT2D eigenvalue weighted by Gasteiger charge is 2.29. The van der Waals surface area contributed by atoms with Gasteiger partial charge in [0.05, 0.1) is 4.47 Å². The summed E-state index contributed by atoms with van der Waals surface area (Å²) in [5.74, 6) is 0.371. The van der Waals surface area contributed by atoms with E-state index >= 15 is 0 Å². The Morgan fingerprint density at radius 3 is 2.68 bits per heavy atom. The molecule has 0 aliphatic heterocycles. The maximum Gasteiger partial charge on any atom is 0.143 e. The molecule has 0 bridgehead atoms. The van der Waals surface area contributed by atoms with E-state index in [0.29, 0.717) is 29.3 Å². The van der Waals surface area contributed by atoms with Gasteiger partial charge >= 0.3 is 0 Å². The average Bonchev–Trinajstić information content (AvgIpc) is 2.39. The molecule has 1 aromatic rings. The second kappa shape index (κ2) is 6.31. The average molecular weight is 332 g/mol. The normalized spacial score (nSPS) is 27.5. The minimum atomic E-state index is -0.464. The zero-order valence-electron chi connectivity index (χ0n) is 11.1. The Hall–Kier alpha value is -0.480. The Bertz CT molecular complexity index is 450. The van der Waals surface area contributed by atoms with Crippen molar-refractivity contribution in [1.29, 1.82) is 0 Å². The molecule has 1 aromatic carbocycles. The minimum Gasteiger partial charge on any atom is -0.330 e. The van der Waals surface area contributed by atoms with Crippen LogP contribution in [0.25, 0.3) is 0 Å². The summed E-state index contributed by atoms with van der Waals surface area (Å²) in [6.45, 7) is 2.81. The van der Waals surface area contributed by atoms with Gasteiger partial charge < -0.3 is 5.73 Å². The van der Waals surface area contributed by atoms with Crippen molar-refractivity contribution in [3.05, 3.63) is 33.8 Å². The summed E-state index contributed by atoms with van der Waals surface area (Å²) < 4.78 is 28.2. The first-order chi connectivity index (χ1) is 9.02. The van der Waals surface area contributed by atoms with Crippen molar-refractivity contribution >= 4 is 15.9 Å². The first-order valence-electron chi connectivity index (χ1n) is 6.85. The van der Waals surface area contributed by atoms with E-state index < -0.39 is 11.6 Å². The topological polar surface area (TPSA) is 26.0 Å². The van der Waals surface area contributed by atoms with Crippen molar-refractivity contribution in [2.75, 3.05) is 6.54 Å². The Kier molecular flexibility index (Phi) is 4.96. The Morgan fingerprint density at radius 2 is 2.00 bits per heavy atom. The molecule has 106 valence electrons. The second-order valence-corrected chi connectivity index (χ2v) is 6.55. The monoisotopic (exact) mass is 331 g/mol. The molecule has 0 amide bonds. The standard InChI is InChI=1S/C15H20BrF2N/c1-9-2-3-10(8-19)11(6-9)7-12-14(17)5-4-13(16)15(12)18/h4-5,9-11H,2-3,6-8,19H2,1H3. The predicted octanol–water partition coefficient (Wildman–Crippen LogP) is 4.28. The van der Waals surface area contributed by atoms with Gasteiger partial charge in [0.1, 0.15) is 11.6 Å². The summed E-state index contributed by atoms with van der Waals surface area (Å²) in [7, 11) is 0. The molecule has 3 unspecified atom stereocenters. The molecule has 2 rings (SSSR count). The van der Waals surface area contributed by atoms with Gasteiger partial charge in [-0.2, -0.15) is 0 Å².